The Morgan fingerprint density at radius 1 is 0.973 bits per heavy atom. The van der Waals surface area contributed by atoms with E-state index in [0.29, 0.717) is 6.42 Å². The van der Waals surface area contributed by atoms with E-state index in [2.05, 4.69) is 20.9 Å². The summed E-state index contributed by atoms with van der Waals surface area (Å²) in [4.78, 5) is 53.9. The summed E-state index contributed by atoms with van der Waals surface area (Å²) in [5.41, 5.74) is 0.887. The van der Waals surface area contributed by atoms with Gasteiger partial charge in [0.2, 0.25) is 11.8 Å². The Balaban J connectivity index is 2.16. The molecule has 2 aromatic rings. The molecule has 1 aromatic heterocycles. The lowest BCUT2D eigenvalue weighted by atomic mass is 9.96. The second-order valence-electron chi connectivity index (χ2n) is 10.7. The Bertz CT molecular complexity index is 1100. The highest BCUT2D eigenvalue weighted by atomic mass is 16.6. The molecule has 10 nitrogen and oxygen atoms in total. The third kappa shape index (κ3) is 8.51. The molecule has 0 unspecified atom stereocenters. The van der Waals surface area contributed by atoms with E-state index < -0.39 is 47.6 Å². The first-order chi connectivity index (χ1) is 17.2. The minimum Gasteiger partial charge on any atom is -0.480 e. The summed E-state index contributed by atoms with van der Waals surface area (Å²) in [6, 6.07) is 4.36. The van der Waals surface area contributed by atoms with Crippen molar-refractivity contribution in [3.63, 3.8) is 0 Å². The maximum absolute atomic E-state index is 13.2. The van der Waals surface area contributed by atoms with Crippen LogP contribution in [0, 0.1) is 11.8 Å². The number of benzene rings is 1. The standard InChI is InChI=1S/C27H40N4O6/c1-8-16(4)22(31-26(36)37-27(5,6)7)24(33)30-21(15(2)3)23(32)29-20(25(34)35)13-17-14-28-19-12-10-9-11-18(17)19/h9-12,14-16,20-22,28H,8,13H2,1-7H3,(H,29,32)(H,30,33)(H,31,36)(H,34,35)/t16-,20-,21-,22-/m0/s1. The molecule has 1 aromatic carbocycles. The predicted molar refractivity (Wildman–Crippen MR) is 141 cm³/mol. The van der Waals surface area contributed by atoms with E-state index >= 15 is 0 Å². The van der Waals surface area contributed by atoms with Gasteiger partial charge in [-0.15, -0.1) is 0 Å². The normalized spacial score (nSPS) is 14.9. The molecular formula is C27H40N4O6. The first kappa shape index (κ1) is 29.7. The number of carbonyl (C=O) groups excluding carboxylic acids is 3. The number of para-hydroxylation sites is 1. The number of carbonyl (C=O) groups is 4. The Morgan fingerprint density at radius 3 is 2.16 bits per heavy atom. The first-order valence-electron chi connectivity index (χ1n) is 12.6. The summed E-state index contributed by atoms with van der Waals surface area (Å²) < 4.78 is 5.30. The van der Waals surface area contributed by atoms with Crippen molar-refractivity contribution in [2.75, 3.05) is 0 Å². The summed E-state index contributed by atoms with van der Waals surface area (Å²) >= 11 is 0. The second-order valence-corrected chi connectivity index (χ2v) is 10.7. The van der Waals surface area contributed by atoms with Crippen LogP contribution in [0.2, 0.25) is 0 Å². The number of ether oxygens (including phenoxy) is 1. The number of amides is 3. The Labute approximate surface area is 217 Å². The highest BCUT2D eigenvalue weighted by molar-refractivity contribution is 5.93. The van der Waals surface area contributed by atoms with Crippen LogP contribution in [0.4, 0.5) is 4.79 Å². The molecule has 4 atom stereocenters. The molecule has 0 spiro atoms. The molecule has 1 heterocycles. The highest BCUT2D eigenvalue weighted by Gasteiger charge is 2.34. The van der Waals surface area contributed by atoms with Crippen molar-refractivity contribution in [3.05, 3.63) is 36.0 Å². The van der Waals surface area contributed by atoms with Crippen molar-refractivity contribution >= 4 is 34.8 Å². The zero-order valence-electron chi connectivity index (χ0n) is 22.7. The van der Waals surface area contributed by atoms with E-state index in [1.807, 2.05) is 38.1 Å². The highest BCUT2D eigenvalue weighted by Crippen LogP contribution is 2.19. The fraction of sp³-hybridized carbons (Fsp3) is 0.556. The molecule has 204 valence electrons. The van der Waals surface area contributed by atoms with Gasteiger partial charge in [-0.2, -0.15) is 0 Å². The number of fused-ring (bicyclic) bond motifs is 1. The maximum atomic E-state index is 13.2. The molecule has 2 rings (SSSR count). The summed E-state index contributed by atoms with van der Waals surface area (Å²) in [7, 11) is 0. The number of aromatic amines is 1. The summed E-state index contributed by atoms with van der Waals surface area (Å²) in [6.07, 6.45) is 1.66. The van der Waals surface area contributed by atoms with Crippen molar-refractivity contribution in [2.24, 2.45) is 11.8 Å². The van der Waals surface area contributed by atoms with Crippen LogP contribution in [0.5, 0.6) is 0 Å². The second kappa shape index (κ2) is 12.6. The molecule has 10 heteroatoms. The minimum atomic E-state index is -1.20. The van der Waals surface area contributed by atoms with E-state index in [1.54, 1.807) is 40.8 Å². The van der Waals surface area contributed by atoms with Gasteiger partial charge in [0.15, 0.2) is 0 Å². The Hall–Kier alpha value is -3.56. The summed E-state index contributed by atoms with van der Waals surface area (Å²) in [5, 5.41) is 18.6. The Morgan fingerprint density at radius 2 is 1.59 bits per heavy atom. The van der Waals surface area contributed by atoms with Gasteiger partial charge in [0.1, 0.15) is 23.7 Å². The van der Waals surface area contributed by atoms with Crippen LogP contribution in [0.15, 0.2) is 30.5 Å². The van der Waals surface area contributed by atoms with Crippen LogP contribution in [-0.2, 0) is 25.5 Å². The van der Waals surface area contributed by atoms with Gasteiger partial charge in [-0.3, -0.25) is 9.59 Å². The molecule has 5 N–H and O–H groups in total. The summed E-state index contributed by atoms with van der Waals surface area (Å²) in [6.45, 7) is 12.4. The number of carboxylic acids is 1. The molecule has 0 radical (unpaired) electrons. The van der Waals surface area contributed by atoms with Crippen molar-refractivity contribution in [3.8, 4) is 0 Å². The quantitative estimate of drug-likeness (QED) is 0.309. The average molecular weight is 517 g/mol. The van der Waals surface area contributed by atoms with Crippen molar-refractivity contribution in [1.29, 1.82) is 0 Å². The third-order valence-corrected chi connectivity index (χ3v) is 6.13. The van der Waals surface area contributed by atoms with E-state index in [9.17, 15) is 24.3 Å². The van der Waals surface area contributed by atoms with Gasteiger partial charge in [0.05, 0.1) is 0 Å². The van der Waals surface area contributed by atoms with Crippen LogP contribution in [0.3, 0.4) is 0 Å². The van der Waals surface area contributed by atoms with E-state index in [-0.39, 0.29) is 18.3 Å². The van der Waals surface area contributed by atoms with Gasteiger partial charge in [0.25, 0.3) is 0 Å². The van der Waals surface area contributed by atoms with Crippen molar-refractivity contribution in [1.82, 2.24) is 20.9 Å². The third-order valence-electron chi connectivity index (χ3n) is 6.13. The molecule has 0 bridgehead atoms. The minimum absolute atomic E-state index is 0.0690. The zero-order chi connectivity index (χ0) is 27.9. The van der Waals surface area contributed by atoms with Gasteiger partial charge < -0.3 is 30.8 Å². The Kier molecular flexibility index (Phi) is 10.1. The van der Waals surface area contributed by atoms with Crippen molar-refractivity contribution in [2.45, 2.75) is 85.0 Å². The molecule has 0 saturated heterocycles. The number of hydrogen-bond acceptors (Lipinski definition) is 5. The van der Waals surface area contributed by atoms with Gasteiger partial charge in [-0.1, -0.05) is 52.3 Å². The van der Waals surface area contributed by atoms with E-state index in [0.717, 1.165) is 16.5 Å². The van der Waals surface area contributed by atoms with Crippen LogP contribution >= 0.6 is 0 Å². The molecule has 0 saturated carbocycles. The lowest BCUT2D eigenvalue weighted by molar-refractivity contribution is -0.142. The summed E-state index contributed by atoms with van der Waals surface area (Å²) in [5.74, 6) is -2.92. The molecule has 0 aliphatic carbocycles. The lowest BCUT2D eigenvalue weighted by Crippen LogP contribution is -2.59. The van der Waals surface area contributed by atoms with Gasteiger partial charge in [0, 0.05) is 23.5 Å². The van der Waals surface area contributed by atoms with Crippen LogP contribution in [0.1, 0.15) is 60.5 Å². The lowest BCUT2D eigenvalue weighted by Gasteiger charge is -2.29. The number of alkyl carbamates (subject to hydrolysis) is 1. The average Bonchev–Trinajstić information content (AvgIpc) is 3.21. The molecule has 0 aliphatic heterocycles. The SMILES string of the molecule is CC[C@H](C)[C@H](NC(=O)OC(C)(C)C)C(=O)N[C@H](C(=O)N[C@@H](Cc1c[nH]c2ccccc12)C(=O)O)C(C)C. The van der Waals surface area contributed by atoms with E-state index in [1.165, 1.54) is 0 Å². The first-order valence-corrected chi connectivity index (χ1v) is 12.6. The topological polar surface area (TPSA) is 150 Å². The smallest absolute Gasteiger partial charge is 0.408 e. The fourth-order valence-corrected chi connectivity index (χ4v) is 3.90. The van der Waals surface area contributed by atoms with Gasteiger partial charge >= 0.3 is 12.1 Å². The zero-order valence-corrected chi connectivity index (χ0v) is 22.7. The van der Waals surface area contributed by atoms with E-state index in [4.69, 9.17) is 4.74 Å². The van der Waals surface area contributed by atoms with Gasteiger partial charge in [-0.05, 0) is 44.2 Å². The monoisotopic (exact) mass is 516 g/mol. The number of carboxylic acid groups (broad SMARTS) is 1. The number of hydrogen-bond donors (Lipinski definition) is 5. The molecule has 3 amide bonds. The maximum Gasteiger partial charge on any atom is 0.408 e. The number of aliphatic carboxylic acids is 1. The number of rotatable bonds is 11. The van der Waals surface area contributed by atoms with Crippen LogP contribution in [-0.4, -0.2) is 57.7 Å². The largest absolute Gasteiger partial charge is 0.480 e. The fourth-order valence-electron chi connectivity index (χ4n) is 3.90. The number of H-pyrrole nitrogens is 1. The van der Waals surface area contributed by atoms with Gasteiger partial charge in [-0.25, -0.2) is 9.59 Å². The number of aromatic nitrogens is 1. The molecule has 0 aliphatic rings. The van der Waals surface area contributed by atoms with Crippen LogP contribution in [0.25, 0.3) is 10.9 Å². The molecular weight excluding hydrogens is 476 g/mol. The van der Waals surface area contributed by atoms with Crippen molar-refractivity contribution < 1.29 is 29.0 Å². The number of nitrogens with one attached hydrogen (secondary N) is 4. The predicted octanol–water partition coefficient (Wildman–Crippen LogP) is 3.36. The molecule has 0 fully saturated rings. The molecule has 37 heavy (non-hydrogen) atoms. The van der Waals surface area contributed by atoms with Crippen LogP contribution < -0.4 is 16.0 Å².